The zero-order valence-corrected chi connectivity index (χ0v) is 19.2. The number of rotatable bonds is 6. The molecule has 4 rings (SSSR count). The van der Waals surface area contributed by atoms with E-state index in [4.69, 9.17) is 4.52 Å². The van der Waals surface area contributed by atoms with Crippen LogP contribution in [0.2, 0.25) is 0 Å². The fourth-order valence-electron chi connectivity index (χ4n) is 4.32. The quantitative estimate of drug-likeness (QED) is 0.554. The summed E-state index contributed by atoms with van der Waals surface area (Å²) >= 11 is 1.54. The molecule has 0 bridgehead atoms. The van der Waals surface area contributed by atoms with E-state index in [1.54, 1.807) is 36.4 Å². The van der Waals surface area contributed by atoms with E-state index in [0.717, 1.165) is 58.4 Å². The lowest BCUT2D eigenvalue weighted by Gasteiger charge is -2.35. The van der Waals surface area contributed by atoms with Crippen LogP contribution in [0.3, 0.4) is 0 Å². The third-order valence-electron chi connectivity index (χ3n) is 5.90. The molecule has 1 aliphatic heterocycles. The van der Waals surface area contributed by atoms with Crippen LogP contribution in [0.1, 0.15) is 64.1 Å². The van der Waals surface area contributed by atoms with Crippen molar-refractivity contribution in [1.29, 1.82) is 0 Å². The molecule has 0 saturated carbocycles. The Hall–Kier alpha value is -2.67. The van der Waals surface area contributed by atoms with Crippen LogP contribution in [0.15, 0.2) is 34.9 Å². The average molecular weight is 440 g/mol. The molecule has 0 aliphatic carbocycles. The van der Waals surface area contributed by atoms with E-state index in [-0.39, 0.29) is 17.9 Å². The van der Waals surface area contributed by atoms with Crippen molar-refractivity contribution in [1.82, 2.24) is 15.0 Å². The van der Waals surface area contributed by atoms with Gasteiger partial charge in [-0.2, -0.15) is 0 Å². The van der Waals surface area contributed by atoms with Crippen LogP contribution in [0.25, 0.3) is 10.1 Å². The highest BCUT2D eigenvalue weighted by atomic mass is 32.1. The first-order valence-corrected chi connectivity index (χ1v) is 11.8. The van der Waals surface area contributed by atoms with E-state index in [1.807, 2.05) is 17.0 Å². The molecule has 0 radical (unpaired) electrons. The molecule has 0 spiro atoms. The van der Waals surface area contributed by atoms with Crippen LogP contribution in [0.5, 0.6) is 0 Å². The van der Waals surface area contributed by atoms with Gasteiger partial charge in [-0.3, -0.25) is 9.59 Å². The van der Waals surface area contributed by atoms with Crippen molar-refractivity contribution in [2.24, 2.45) is 0 Å². The van der Waals surface area contributed by atoms with Gasteiger partial charge in [-0.15, -0.1) is 11.3 Å². The summed E-state index contributed by atoms with van der Waals surface area (Å²) in [5.41, 5.74) is 1.44. The van der Waals surface area contributed by atoms with E-state index in [2.05, 4.69) is 24.2 Å². The number of carbonyl (C=O) groups excluding carboxylic acids is 2. The third-order valence-corrected chi connectivity index (χ3v) is 7.10. The van der Waals surface area contributed by atoms with Gasteiger partial charge in [-0.25, -0.2) is 0 Å². The molecule has 0 N–H and O–H groups in total. The maximum absolute atomic E-state index is 13.3. The lowest BCUT2D eigenvalue weighted by molar-refractivity contribution is 0.0603. The number of aromatic nitrogens is 1. The molecule has 1 fully saturated rings. The number of aryl methyl sites for hydroxylation is 1. The Balaban J connectivity index is 1.65. The second kappa shape index (κ2) is 9.22. The number of nitrogens with zero attached hydrogens (tertiary/aromatic N) is 3. The van der Waals surface area contributed by atoms with Crippen LogP contribution < -0.4 is 0 Å². The molecule has 164 valence electrons. The van der Waals surface area contributed by atoms with Gasteiger partial charge in [0.2, 0.25) is 0 Å². The zero-order chi connectivity index (χ0) is 22.0. The minimum atomic E-state index is -0.0733. The van der Waals surface area contributed by atoms with Gasteiger partial charge in [0.25, 0.3) is 11.8 Å². The number of carbonyl (C=O) groups is 2. The van der Waals surface area contributed by atoms with E-state index < -0.39 is 0 Å². The lowest BCUT2D eigenvalue weighted by atomic mass is 9.93. The summed E-state index contributed by atoms with van der Waals surface area (Å²) in [6.07, 6.45) is 5.38. The van der Waals surface area contributed by atoms with Gasteiger partial charge in [0, 0.05) is 43.9 Å². The standard InChI is InChI=1S/C24H29N3O3S/c1-4-9-17-15-20(25-30-17)23(28)27-13-8-7-10-16(27)14-19-18-11-5-6-12-21(18)31-22(19)24(29)26(2)3/h5-6,11-12,15-16H,4,7-10,13-14H2,1-3H3/t16-/m0/s1. The Kier molecular flexibility index (Phi) is 6.41. The Morgan fingerprint density at radius 2 is 2.06 bits per heavy atom. The van der Waals surface area contributed by atoms with Crippen molar-refractivity contribution in [2.75, 3.05) is 20.6 Å². The number of hydrogen-bond donors (Lipinski definition) is 0. The predicted molar refractivity (Wildman–Crippen MR) is 123 cm³/mol. The highest BCUT2D eigenvalue weighted by molar-refractivity contribution is 7.21. The first-order valence-electron chi connectivity index (χ1n) is 11.0. The van der Waals surface area contributed by atoms with Crippen LogP contribution >= 0.6 is 11.3 Å². The Morgan fingerprint density at radius 1 is 1.26 bits per heavy atom. The van der Waals surface area contributed by atoms with Crippen LogP contribution in [-0.4, -0.2) is 53.5 Å². The average Bonchev–Trinajstić information content (AvgIpc) is 3.38. The van der Waals surface area contributed by atoms with Gasteiger partial charge in [0.05, 0.1) is 4.88 Å². The van der Waals surface area contributed by atoms with Crippen LogP contribution in [-0.2, 0) is 12.8 Å². The Labute approximate surface area is 186 Å². The van der Waals surface area contributed by atoms with Gasteiger partial charge < -0.3 is 14.3 Å². The second-order valence-electron chi connectivity index (χ2n) is 8.39. The zero-order valence-electron chi connectivity index (χ0n) is 18.4. The summed E-state index contributed by atoms with van der Waals surface area (Å²) in [7, 11) is 3.57. The third kappa shape index (κ3) is 4.37. The number of hydrogen-bond acceptors (Lipinski definition) is 5. The van der Waals surface area contributed by atoms with Crippen molar-refractivity contribution in [3.8, 4) is 0 Å². The number of fused-ring (bicyclic) bond motifs is 1. The number of likely N-dealkylation sites (tertiary alicyclic amines) is 1. The van der Waals surface area contributed by atoms with E-state index in [0.29, 0.717) is 18.7 Å². The van der Waals surface area contributed by atoms with Crippen LogP contribution in [0, 0.1) is 0 Å². The molecule has 1 atom stereocenters. The molecule has 3 aromatic rings. The van der Waals surface area contributed by atoms with Gasteiger partial charge in [0.1, 0.15) is 5.76 Å². The summed E-state index contributed by atoms with van der Waals surface area (Å²) in [6.45, 7) is 2.78. The molecule has 7 heteroatoms. The molecule has 2 aromatic heterocycles. The van der Waals surface area contributed by atoms with Crippen molar-refractivity contribution in [3.63, 3.8) is 0 Å². The minimum Gasteiger partial charge on any atom is -0.361 e. The maximum Gasteiger partial charge on any atom is 0.276 e. The first kappa shape index (κ1) is 21.6. The Bertz CT molecular complexity index is 1080. The molecule has 1 aliphatic rings. The molecule has 1 aromatic carbocycles. The van der Waals surface area contributed by atoms with E-state index in [9.17, 15) is 9.59 Å². The molecule has 3 heterocycles. The molecule has 2 amide bonds. The fourth-order valence-corrected chi connectivity index (χ4v) is 5.57. The highest BCUT2D eigenvalue weighted by Crippen LogP contribution is 2.35. The number of thiophene rings is 1. The largest absolute Gasteiger partial charge is 0.361 e. The van der Waals surface area contributed by atoms with E-state index >= 15 is 0 Å². The van der Waals surface area contributed by atoms with Gasteiger partial charge in [-0.05, 0) is 49.1 Å². The molecular formula is C24H29N3O3S. The van der Waals surface area contributed by atoms with Gasteiger partial charge in [0.15, 0.2) is 5.69 Å². The number of amides is 2. The molecule has 1 saturated heterocycles. The summed E-state index contributed by atoms with van der Waals surface area (Å²) in [4.78, 5) is 30.5. The monoisotopic (exact) mass is 439 g/mol. The predicted octanol–water partition coefficient (Wildman–Crippen LogP) is 4.78. The fraction of sp³-hybridized carbons (Fsp3) is 0.458. The van der Waals surface area contributed by atoms with Crippen molar-refractivity contribution >= 4 is 33.2 Å². The number of benzene rings is 1. The molecule has 6 nitrogen and oxygen atoms in total. The summed E-state index contributed by atoms with van der Waals surface area (Å²) < 4.78 is 6.46. The first-order chi connectivity index (χ1) is 15.0. The molecular weight excluding hydrogens is 410 g/mol. The summed E-state index contributed by atoms with van der Waals surface area (Å²) in [5.74, 6) is 0.698. The smallest absolute Gasteiger partial charge is 0.276 e. The highest BCUT2D eigenvalue weighted by Gasteiger charge is 2.31. The van der Waals surface area contributed by atoms with Crippen molar-refractivity contribution in [3.05, 3.63) is 52.2 Å². The topological polar surface area (TPSA) is 66.7 Å². The van der Waals surface area contributed by atoms with Crippen molar-refractivity contribution in [2.45, 2.75) is 51.5 Å². The number of piperidine rings is 1. The second-order valence-corrected chi connectivity index (χ2v) is 9.44. The Morgan fingerprint density at radius 3 is 2.84 bits per heavy atom. The van der Waals surface area contributed by atoms with Crippen molar-refractivity contribution < 1.29 is 14.1 Å². The SMILES string of the molecule is CCCc1cc(C(=O)N2CCCC[C@H]2Cc2c(C(=O)N(C)C)sc3ccccc23)no1. The molecule has 0 unspecified atom stereocenters. The van der Waals surface area contributed by atoms with Crippen LogP contribution in [0.4, 0.5) is 0 Å². The minimum absolute atomic E-state index is 0.0191. The van der Waals surface area contributed by atoms with E-state index in [1.165, 1.54) is 0 Å². The van der Waals surface area contributed by atoms with Gasteiger partial charge in [-0.1, -0.05) is 30.3 Å². The normalized spacial score (nSPS) is 16.6. The summed E-state index contributed by atoms with van der Waals surface area (Å²) in [5, 5.41) is 5.15. The van der Waals surface area contributed by atoms with Gasteiger partial charge >= 0.3 is 0 Å². The molecule has 31 heavy (non-hydrogen) atoms. The lowest BCUT2D eigenvalue weighted by Crippen LogP contribution is -2.45. The maximum atomic E-state index is 13.3. The summed E-state index contributed by atoms with van der Waals surface area (Å²) in [6, 6.07) is 9.97.